The van der Waals surface area contributed by atoms with Gasteiger partial charge in [-0.3, -0.25) is 0 Å². The van der Waals surface area contributed by atoms with Crippen molar-refractivity contribution in [1.29, 1.82) is 0 Å². The minimum absolute atomic E-state index is 0.0599. The van der Waals surface area contributed by atoms with Crippen LogP contribution in [0.25, 0.3) is 0 Å². The minimum Gasteiger partial charge on any atom is -0.383 e. The molecular formula is C16H26N2O. The summed E-state index contributed by atoms with van der Waals surface area (Å²) in [5.74, 6) is 0. The van der Waals surface area contributed by atoms with Gasteiger partial charge in [0.25, 0.3) is 0 Å². The van der Waals surface area contributed by atoms with Crippen LogP contribution >= 0.6 is 0 Å². The van der Waals surface area contributed by atoms with E-state index >= 15 is 0 Å². The van der Waals surface area contributed by atoms with Gasteiger partial charge >= 0.3 is 0 Å². The molecule has 106 valence electrons. The van der Waals surface area contributed by atoms with Crippen LogP contribution < -0.4 is 10.2 Å². The van der Waals surface area contributed by atoms with Crippen LogP contribution in [0.3, 0.4) is 0 Å². The average Bonchev–Trinajstić information content (AvgIpc) is 2.93. The fourth-order valence-electron chi connectivity index (χ4n) is 2.46. The fourth-order valence-corrected chi connectivity index (χ4v) is 2.46. The van der Waals surface area contributed by atoms with Gasteiger partial charge in [-0.15, -0.1) is 0 Å². The van der Waals surface area contributed by atoms with Crippen LogP contribution in [0.1, 0.15) is 33.1 Å². The monoisotopic (exact) mass is 262 g/mol. The summed E-state index contributed by atoms with van der Waals surface area (Å²) >= 11 is 0. The molecule has 1 heterocycles. The van der Waals surface area contributed by atoms with Crippen molar-refractivity contribution in [2.75, 3.05) is 37.0 Å². The molecule has 1 fully saturated rings. The van der Waals surface area contributed by atoms with Crippen LogP contribution in [0.4, 0.5) is 11.4 Å². The Morgan fingerprint density at radius 2 is 1.89 bits per heavy atom. The van der Waals surface area contributed by atoms with Gasteiger partial charge in [-0.2, -0.15) is 0 Å². The molecule has 0 aliphatic carbocycles. The molecule has 0 bridgehead atoms. The molecule has 0 unspecified atom stereocenters. The quantitative estimate of drug-likeness (QED) is 0.849. The molecular weight excluding hydrogens is 236 g/mol. The zero-order valence-corrected chi connectivity index (χ0v) is 12.4. The van der Waals surface area contributed by atoms with Gasteiger partial charge in [0, 0.05) is 26.7 Å². The highest BCUT2D eigenvalue weighted by molar-refractivity contribution is 5.70. The van der Waals surface area contributed by atoms with Crippen LogP contribution in [0.5, 0.6) is 0 Å². The molecule has 0 amide bonds. The van der Waals surface area contributed by atoms with Crippen molar-refractivity contribution in [3.8, 4) is 0 Å². The summed E-state index contributed by atoms with van der Waals surface area (Å²) in [4.78, 5) is 2.48. The lowest BCUT2D eigenvalue weighted by atomic mass is 10.1. The summed E-state index contributed by atoms with van der Waals surface area (Å²) in [6.45, 7) is 7.55. The molecule has 0 spiro atoms. The zero-order chi connectivity index (χ0) is 13.7. The predicted octanol–water partition coefficient (Wildman–Crippen LogP) is 3.51. The maximum absolute atomic E-state index is 5.46. The van der Waals surface area contributed by atoms with Crippen molar-refractivity contribution < 1.29 is 4.74 Å². The average molecular weight is 262 g/mol. The van der Waals surface area contributed by atoms with Crippen molar-refractivity contribution in [2.45, 2.75) is 38.7 Å². The Morgan fingerprint density at radius 3 is 2.58 bits per heavy atom. The Bertz CT molecular complexity index is 397. The standard InChI is InChI=1S/C16H26N2O/c1-16(2,19-3)10-11-17-14-8-4-5-9-15(14)18-12-6-7-13-18/h4-5,8-9,17H,6-7,10-13H2,1-3H3. The number of methoxy groups -OCH3 is 1. The molecule has 1 saturated heterocycles. The number of anilines is 2. The summed E-state index contributed by atoms with van der Waals surface area (Å²) in [7, 11) is 1.78. The molecule has 3 heteroatoms. The Balaban J connectivity index is 1.96. The van der Waals surface area contributed by atoms with Crippen molar-refractivity contribution in [3.05, 3.63) is 24.3 Å². The molecule has 3 nitrogen and oxygen atoms in total. The molecule has 1 aliphatic rings. The van der Waals surface area contributed by atoms with E-state index in [0.717, 1.165) is 13.0 Å². The summed E-state index contributed by atoms with van der Waals surface area (Å²) in [5, 5.41) is 3.56. The van der Waals surface area contributed by atoms with Gasteiger partial charge in [-0.25, -0.2) is 0 Å². The van der Waals surface area contributed by atoms with E-state index in [4.69, 9.17) is 4.74 Å². The van der Waals surface area contributed by atoms with E-state index in [9.17, 15) is 0 Å². The van der Waals surface area contributed by atoms with Crippen LogP contribution in [0.2, 0.25) is 0 Å². The van der Waals surface area contributed by atoms with Crippen LogP contribution in [0.15, 0.2) is 24.3 Å². The van der Waals surface area contributed by atoms with Gasteiger partial charge in [0.1, 0.15) is 0 Å². The van der Waals surface area contributed by atoms with E-state index in [0.29, 0.717) is 0 Å². The highest BCUT2D eigenvalue weighted by atomic mass is 16.5. The van der Waals surface area contributed by atoms with Gasteiger partial charge in [-0.05, 0) is 45.2 Å². The van der Waals surface area contributed by atoms with E-state index < -0.39 is 0 Å². The van der Waals surface area contributed by atoms with Gasteiger partial charge in [-0.1, -0.05) is 12.1 Å². The first-order chi connectivity index (χ1) is 9.12. The third-order valence-corrected chi connectivity index (χ3v) is 3.95. The lowest BCUT2D eigenvalue weighted by molar-refractivity contribution is 0.0185. The highest BCUT2D eigenvalue weighted by Gasteiger charge is 2.17. The summed E-state index contributed by atoms with van der Waals surface area (Å²) < 4.78 is 5.46. The van der Waals surface area contributed by atoms with Crippen LogP contribution in [-0.2, 0) is 4.74 Å². The largest absolute Gasteiger partial charge is 0.383 e. The van der Waals surface area contributed by atoms with Crippen molar-refractivity contribution in [3.63, 3.8) is 0 Å². The van der Waals surface area contributed by atoms with Crippen molar-refractivity contribution in [1.82, 2.24) is 0 Å². The SMILES string of the molecule is COC(C)(C)CCNc1ccccc1N1CCCC1. The molecule has 2 rings (SSSR count). The van der Waals surface area contributed by atoms with E-state index in [-0.39, 0.29) is 5.60 Å². The molecule has 0 saturated carbocycles. The van der Waals surface area contributed by atoms with Gasteiger partial charge < -0.3 is 15.0 Å². The van der Waals surface area contributed by atoms with E-state index in [1.165, 1.54) is 37.3 Å². The maximum Gasteiger partial charge on any atom is 0.0639 e. The number of rotatable bonds is 6. The van der Waals surface area contributed by atoms with Crippen molar-refractivity contribution in [2.24, 2.45) is 0 Å². The number of hydrogen-bond acceptors (Lipinski definition) is 3. The highest BCUT2D eigenvalue weighted by Crippen LogP contribution is 2.28. The second-order valence-corrected chi connectivity index (χ2v) is 5.85. The van der Waals surface area contributed by atoms with Gasteiger partial charge in [0.2, 0.25) is 0 Å². The van der Waals surface area contributed by atoms with Crippen LogP contribution in [0, 0.1) is 0 Å². The lowest BCUT2D eigenvalue weighted by Gasteiger charge is -2.25. The fraction of sp³-hybridized carbons (Fsp3) is 0.625. The first-order valence-corrected chi connectivity index (χ1v) is 7.25. The predicted molar refractivity (Wildman–Crippen MR) is 82.1 cm³/mol. The smallest absolute Gasteiger partial charge is 0.0639 e. The number of benzene rings is 1. The number of ether oxygens (including phenoxy) is 1. The molecule has 1 aliphatic heterocycles. The summed E-state index contributed by atoms with van der Waals surface area (Å²) in [6, 6.07) is 8.61. The normalized spacial score (nSPS) is 15.8. The molecule has 1 aromatic carbocycles. The Morgan fingerprint density at radius 1 is 1.21 bits per heavy atom. The minimum atomic E-state index is -0.0599. The second kappa shape index (κ2) is 6.29. The molecule has 1 aromatic rings. The summed E-state index contributed by atoms with van der Waals surface area (Å²) in [6.07, 6.45) is 3.62. The number of hydrogen-bond donors (Lipinski definition) is 1. The Hall–Kier alpha value is -1.22. The van der Waals surface area contributed by atoms with Crippen molar-refractivity contribution >= 4 is 11.4 Å². The number of nitrogens with zero attached hydrogens (tertiary/aromatic N) is 1. The first-order valence-electron chi connectivity index (χ1n) is 7.25. The van der Waals surface area contributed by atoms with E-state index in [2.05, 4.69) is 48.3 Å². The number of nitrogens with one attached hydrogen (secondary N) is 1. The first kappa shape index (κ1) is 14.2. The topological polar surface area (TPSA) is 24.5 Å². The Kier molecular flexibility index (Phi) is 4.70. The third-order valence-electron chi connectivity index (χ3n) is 3.95. The molecule has 19 heavy (non-hydrogen) atoms. The second-order valence-electron chi connectivity index (χ2n) is 5.85. The van der Waals surface area contributed by atoms with Gasteiger partial charge in [0.15, 0.2) is 0 Å². The lowest BCUT2D eigenvalue weighted by Crippen LogP contribution is -2.26. The van der Waals surface area contributed by atoms with E-state index in [1.807, 2.05) is 0 Å². The Labute approximate surface area is 116 Å². The third kappa shape index (κ3) is 3.87. The van der Waals surface area contributed by atoms with E-state index in [1.54, 1.807) is 7.11 Å². The zero-order valence-electron chi connectivity index (χ0n) is 12.4. The molecule has 1 N–H and O–H groups in total. The molecule has 0 radical (unpaired) electrons. The summed E-state index contributed by atoms with van der Waals surface area (Å²) in [5.41, 5.74) is 2.53. The van der Waals surface area contributed by atoms with Gasteiger partial charge in [0.05, 0.1) is 17.0 Å². The molecule has 0 aromatic heterocycles. The maximum atomic E-state index is 5.46. The molecule has 0 atom stereocenters. The number of para-hydroxylation sites is 2. The van der Waals surface area contributed by atoms with Crippen LogP contribution in [-0.4, -0.2) is 32.3 Å².